The van der Waals surface area contributed by atoms with Gasteiger partial charge in [-0.1, -0.05) is 35.5 Å². The van der Waals surface area contributed by atoms with Crippen LogP contribution < -0.4 is 10.6 Å². The fraction of sp³-hybridized carbons (Fsp3) is 0.333. The molecule has 0 fully saturated rings. The Bertz CT molecular complexity index is 883. The van der Waals surface area contributed by atoms with Crippen LogP contribution in [0.4, 0.5) is 5.82 Å². The first-order chi connectivity index (χ1) is 12.8. The lowest BCUT2D eigenvalue weighted by molar-refractivity contribution is 0.379. The van der Waals surface area contributed by atoms with Gasteiger partial charge in [0.15, 0.2) is 11.6 Å². The van der Waals surface area contributed by atoms with Crippen molar-refractivity contribution in [2.24, 2.45) is 0 Å². The standard InChI is InChI=1S/C18H20N6OS/c1-26-11-15-22-16(25-24-15)10-20-18-13-7-8-19-9-14(13)21-17(23-18)12-5-3-2-4-6-12/h2-6,19H,7-11H2,1H3,(H,20,21,23). The molecule has 0 radical (unpaired) electrons. The summed E-state index contributed by atoms with van der Waals surface area (Å²) in [4.78, 5) is 13.9. The van der Waals surface area contributed by atoms with E-state index in [2.05, 4.69) is 20.8 Å². The third-order valence-corrected chi connectivity index (χ3v) is 4.71. The predicted molar refractivity (Wildman–Crippen MR) is 102 cm³/mol. The molecule has 134 valence electrons. The smallest absolute Gasteiger partial charge is 0.246 e. The molecule has 0 atom stereocenters. The van der Waals surface area contributed by atoms with Crippen LogP contribution >= 0.6 is 11.8 Å². The Morgan fingerprint density at radius 3 is 2.92 bits per heavy atom. The van der Waals surface area contributed by atoms with Crippen LogP contribution in [0, 0.1) is 0 Å². The highest BCUT2D eigenvalue weighted by Gasteiger charge is 2.18. The van der Waals surface area contributed by atoms with Crippen molar-refractivity contribution < 1.29 is 4.52 Å². The summed E-state index contributed by atoms with van der Waals surface area (Å²) in [6.45, 7) is 2.13. The van der Waals surface area contributed by atoms with Gasteiger partial charge in [-0.05, 0) is 19.2 Å². The van der Waals surface area contributed by atoms with E-state index in [1.807, 2.05) is 36.6 Å². The van der Waals surface area contributed by atoms with Crippen LogP contribution in [0.15, 0.2) is 34.9 Å². The first-order valence-corrected chi connectivity index (χ1v) is 9.93. The molecule has 2 aromatic heterocycles. The fourth-order valence-corrected chi connectivity index (χ4v) is 3.31. The Morgan fingerprint density at radius 2 is 2.08 bits per heavy atom. The topological polar surface area (TPSA) is 88.8 Å². The maximum absolute atomic E-state index is 5.31. The summed E-state index contributed by atoms with van der Waals surface area (Å²) in [5, 5.41) is 10.7. The average Bonchev–Trinajstić information content (AvgIpc) is 3.14. The first kappa shape index (κ1) is 17.0. The molecular weight excluding hydrogens is 348 g/mol. The number of benzene rings is 1. The molecule has 0 spiro atoms. The minimum absolute atomic E-state index is 0.451. The van der Waals surface area contributed by atoms with Crippen molar-refractivity contribution in [3.8, 4) is 11.4 Å². The van der Waals surface area contributed by atoms with Gasteiger partial charge in [-0.2, -0.15) is 16.7 Å². The van der Waals surface area contributed by atoms with E-state index in [0.29, 0.717) is 18.3 Å². The Balaban J connectivity index is 1.61. The number of nitrogens with one attached hydrogen (secondary N) is 2. The van der Waals surface area contributed by atoms with Gasteiger partial charge in [0.25, 0.3) is 0 Å². The maximum atomic E-state index is 5.31. The van der Waals surface area contributed by atoms with Crippen LogP contribution in [-0.2, 0) is 25.3 Å². The monoisotopic (exact) mass is 368 g/mol. The second-order valence-corrected chi connectivity index (χ2v) is 6.87. The minimum Gasteiger partial charge on any atom is -0.361 e. The molecule has 0 saturated heterocycles. The van der Waals surface area contributed by atoms with Gasteiger partial charge in [0.2, 0.25) is 5.89 Å². The van der Waals surface area contributed by atoms with E-state index >= 15 is 0 Å². The van der Waals surface area contributed by atoms with E-state index in [0.717, 1.165) is 53.7 Å². The van der Waals surface area contributed by atoms with Crippen LogP contribution in [0.25, 0.3) is 11.4 Å². The number of hydrogen-bond acceptors (Lipinski definition) is 8. The molecule has 0 bridgehead atoms. The Hall–Kier alpha value is -2.45. The normalized spacial score (nSPS) is 13.4. The molecule has 1 aromatic carbocycles. The number of rotatable bonds is 6. The summed E-state index contributed by atoms with van der Waals surface area (Å²) in [6.07, 6.45) is 2.91. The Labute approximate surface area is 156 Å². The van der Waals surface area contributed by atoms with E-state index in [1.165, 1.54) is 0 Å². The molecule has 1 aliphatic rings. The van der Waals surface area contributed by atoms with Crippen molar-refractivity contribution in [1.29, 1.82) is 0 Å². The van der Waals surface area contributed by atoms with Crippen molar-refractivity contribution in [2.45, 2.75) is 25.3 Å². The summed E-state index contributed by atoms with van der Waals surface area (Å²) < 4.78 is 5.31. The molecule has 8 heteroatoms. The van der Waals surface area contributed by atoms with Crippen LogP contribution in [0.2, 0.25) is 0 Å². The lowest BCUT2D eigenvalue weighted by atomic mass is 10.1. The van der Waals surface area contributed by atoms with E-state index in [-0.39, 0.29) is 0 Å². The minimum atomic E-state index is 0.451. The third-order valence-electron chi connectivity index (χ3n) is 4.16. The number of anilines is 1. The molecule has 7 nitrogen and oxygen atoms in total. The van der Waals surface area contributed by atoms with Crippen LogP contribution in [0.1, 0.15) is 23.0 Å². The summed E-state index contributed by atoms with van der Waals surface area (Å²) in [5.74, 6) is 3.60. The van der Waals surface area contributed by atoms with Gasteiger partial charge in [0, 0.05) is 17.7 Å². The molecule has 0 saturated carbocycles. The highest BCUT2D eigenvalue weighted by Crippen LogP contribution is 2.25. The van der Waals surface area contributed by atoms with Gasteiger partial charge in [-0.25, -0.2) is 9.97 Å². The molecule has 3 aromatic rings. The van der Waals surface area contributed by atoms with Crippen LogP contribution in [-0.4, -0.2) is 32.9 Å². The predicted octanol–water partition coefficient (Wildman–Crippen LogP) is 2.65. The second kappa shape index (κ2) is 7.84. The zero-order chi connectivity index (χ0) is 17.8. The summed E-state index contributed by atoms with van der Waals surface area (Å²) >= 11 is 1.67. The van der Waals surface area contributed by atoms with E-state index < -0.39 is 0 Å². The van der Waals surface area contributed by atoms with Gasteiger partial charge in [-0.3, -0.25) is 0 Å². The van der Waals surface area contributed by atoms with Crippen LogP contribution in [0.5, 0.6) is 0 Å². The Morgan fingerprint density at radius 1 is 1.19 bits per heavy atom. The number of aromatic nitrogens is 4. The van der Waals surface area contributed by atoms with Crippen molar-refractivity contribution in [2.75, 3.05) is 18.1 Å². The summed E-state index contributed by atoms with van der Waals surface area (Å²) in [6, 6.07) is 10.0. The van der Waals surface area contributed by atoms with E-state index in [1.54, 1.807) is 11.8 Å². The number of nitrogens with zero attached hydrogens (tertiary/aromatic N) is 4. The lowest BCUT2D eigenvalue weighted by Gasteiger charge is -2.20. The molecule has 2 N–H and O–H groups in total. The molecule has 3 heterocycles. The highest BCUT2D eigenvalue weighted by atomic mass is 32.2. The zero-order valence-electron chi connectivity index (χ0n) is 14.5. The van der Waals surface area contributed by atoms with Crippen molar-refractivity contribution >= 4 is 17.6 Å². The van der Waals surface area contributed by atoms with Crippen molar-refractivity contribution in [1.82, 2.24) is 25.4 Å². The highest BCUT2D eigenvalue weighted by molar-refractivity contribution is 7.97. The molecule has 1 aliphatic heterocycles. The average molecular weight is 368 g/mol. The van der Waals surface area contributed by atoms with Gasteiger partial charge in [0.05, 0.1) is 18.0 Å². The Kier molecular flexibility index (Phi) is 5.12. The molecule has 4 rings (SSSR count). The number of hydrogen-bond donors (Lipinski definition) is 2. The third kappa shape index (κ3) is 3.71. The zero-order valence-corrected chi connectivity index (χ0v) is 15.3. The number of thioether (sulfide) groups is 1. The van der Waals surface area contributed by atoms with Gasteiger partial charge in [-0.15, -0.1) is 0 Å². The van der Waals surface area contributed by atoms with Crippen LogP contribution in [0.3, 0.4) is 0 Å². The van der Waals surface area contributed by atoms with E-state index in [4.69, 9.17) is 14.5 Å². The molecule has 26 heavy (non-hydrogen) atoms. The summed E-state index contributed by atoms with van der Waals surface area (Å²) in [5.41, 5.74) is 3.21. The lowest BCUT2D eigenvalue weighted by Crippen LogP contribution is -2.26. The molecule has 0 unspecified atom stereocenters. The van der Waals surface area contributed by atoms with E-state index in [9.17, 15) is 0 Å². The van der Waals surface area contributed by atoms with Crippen molar-refractivity contribution in [3.05, 3.63) is 53.3 Å². The number of fused-ring (bicyclic) bond motifs is 1. The van der Waals surface area contributed by atoms with Crippen molar-refractivity contribution in [3.63, 3.8) is 0 Å². The quantitative estimate of drug-likeness (QED) is 0.686. The first-order valence-electron chi connectivity index (χ1n) is 8.53. The molecular formula is C18H20N6OS. The molecule has 0 aliphatic carbocycles. The summed E-state index contributed by atoms with van der Waals surface area (Å²) in [7, 11) is 0. The fourth-order valence-electron chi connectivity index (χ4n) is 2.93. The SMILES string of the molecule is CSCc1noc(CNc2nc(-c3ccccc3)nc3c2CCNC3)n1. The largest absolute Gasteiger partial charge is 0.361 e. The second-order valence-electron chi connectivity index (χ2n) is 6.00. The van der Waals surface area contributed by atoms with Gasteiger partial charge >= 0.3 is 0 Å². The maximum Gasteiger partial charge on any atom is 0.246 e. The van der Waals surface area contributed by atoms with Gasteiger partial charge < -0.3 is 15.2 Å². The van der Waals surface area contributed by atoms with Gasteiger partial charge in [0.1, 0.15) is 5.82 Å². The molecule has 0 amide bonds.